The first-order chi connectivity index (χ1) is 9.46. The van der Waals surface area contributed by atoms with E-state index in [1.807, 2.05) is 0 Å². The highest BCUT2D eigenvalue weighted by molar-refractivity contribution is 7.89. The van der Waals surface area contributed by atoms with Gasteiger partial charge in [-0.1, -0.05) is 6.92 Å². The summed E-state index contributed by atoms with van der Waals surface area (Å²) in [7, 11) is -1.91. The van der Waals surface area contributed by atoms with Gasteiger partial charge in [-0.05, 0) is 19.3 Å². The maximum atomic E-state index is 12.2. The molecule has 1 fully saturated rings. The van der Waals surface area contributed by atoms with Crippen LogP contribution in [0, 0.1) is 0 Å². The van der Waals surface area contributed by atoms with Crippen molar-refractivity contribution in [3.8, 4) is 0 Å². The Labute approximate surface area is 120 Å². The van der Waals surface area contributed by atoms with E-state index in [4.69, 9.17) is 9.84 Å². The van der Waals surface area contributed by atoms with Crippen molar-refractivity contribution in [2.45, 2.75) is 38.3 Å². The van der Waals surface area contributed by atoms with Crippen molar-refractivity contribution >= 4 is 15.9 Å². The molecule has 7 nitrogen and oxygen atoms in total. The van der Waals surface area contributed by atoms with Crippen LogP contribution in [0.1, 0.15) is 26.2 Å². The Hall–Kier alpha value is -0.700. The summed E-state index contributed by atoms with van der Waals surface area (Å²) in [5, 5.41) is 11.8. The molecule has 1 aliphatic heterocycles. The summed E-state index contributed by atoms with van der Waals surface area (Å²) in [6, 6.07) is -1.18. The normalized spacial score (nSPS) is 21.9. The molecule has 2 N–H and O–H groups in total. The Morgan fingerprint density at radius 1 is 1.55 bits per heavy atom. The number of nitrogens with zero attached hydrogens (tertiary/aromatic N) is 1. The average Bonchev–Trinajstić information content (AvgIpc) is 2.88. The largest absolute Gasteiger partial charge is 0.394 e. The number of ether oxygens (including phenoxy) is 1. The van der Waals surface area contributed by atoms with Gasteiger partial charge in [-0.2, -0.15) is 4.31 Å². The van der Waals surface area contributed by atoms with Crippen molar-refractivity contribution < 1.29 is 23.1 Å². The Kier molecular flexibility index (Phi) is 6.87. The van der Waals surface area contributed by atoms with Crippen molar-refractivity contribution in [2.75, 3.05) is 32.6 Å². The molecule has 1 aliphatic rings. The minimum Gasteiger partial charge on any atom is -0.394 e. The number of carbonyl (C=O) groups is 1. The van der Waals surface area contributed by atoms with E-state index in [0.29, 0.717) is 25.8 Å². The number of methoxy groups -OCH3 is 1. The second-order valence-electron chi connectivity index (χ2n) is 4.93. The van der Waals surface area contributed by atoms with E-state index in [1.54, 1.807) is 6.92 Å². The first-order valence-corrected chi connectivity index (χ1v) is 8.46. The molecule has 0 aromatic heterocycles. The summed E-state index contributed by atoms with van der Waals surface area (Å²) in [6.07, 6.45) is 1.71. The van der Waals surface area contributed by atoms with Gasteiger partial charge < -0.3 is 15.2 Å². The molecular formula is C12H24N2O5S. The average molecular weight is 308 g/mol. The fourth-order valence-electron chi connectivity index (χ4n) is 2.35. The monoisotopic (exact) mass is 308 g/mol. The Morgan fingerprint density at radius 2 is 2.25 bits per heavy atom. The van der Waals surface area contributed by atoms with E-state index in [-0.39, 0.29) is 24.9 Å². The zero-order chi connectivity index (χ0) is 15.2. The molecule has 1 rings (SSSR count). The van der Waals surface area contributed by atoms with Crippen LogP contribution in [0.2, 0.25) is 0 Å². The van der Waals surface area contributed by atoms with E-state index >= 15 is 0 Å². The number of sulfonamides is 1. The SMILES string of the molecule is CCCS(=O)(=O)N1CCCC1C(=O)NC(CO)COC. The molecule has 118 valence electrons. The van der Waals surface area contributed by atoms with Gasteiger partial charge in [0.2, 0.25) is 15.9 Å². The molecule has 0 bridgehead atoms. The summed E-state index contributed by atoms with van der Waals surface area (Å²) in [4.78, 5) is 12.2. The van der Waals surface area contributed by atoms with Gasteiger partial charge in [0.25, 0.3) is 0 Å². The third-order valence-corrected chi connectivity index (χ3v) is 5.34. The third-order valence-electron chi connectivity index (χ3n) is 3.26. The highest BCUT2D eigenvalue weighted by atomic mass is 32.2. The van der Waals surface area contributed by atoms with Gasteiger partial charge in [0.15, 0.2) is 0 Å². The maximum Gasteiger partial charge on any atom is 0.238 e. The highest BCUT2D eigenvalue weighted by Gasteiger charge is 2.38. The molecule has 2 atom stereocenters. The number of aliphatic hydroxyl groups excluding tert-OH is 1. The Bertz CT molecular complexity index is 412. The fourth-order valence-corrected chi connectivity index (χ4v) is 4.10. The molecule has 2 unspecified atom stereocenters. The molecule has 0 aliphatic carbocycles. The predicted molar refractivity (Wildman–Crippen MR) is 74.7 cm³/mol. The topological polar surface area (TPSA) is 95.9 Å². The molecule has 0 aromatic carbocycles. The summed E-state index contributed by atoms with van der Waals surface area (Å²) in [5.74, 6) is -0.309. The van der Waals surface area contributed by atoms with Crippen LogP contribution in [-0.4, -0.2) is 68.4 Å². The van der Waals surface area contributed by atoms with Crippen LogP contribution in [0.25, 0.3) is 0 Å². The molecule has 0 spiro atoms. The first kappa shape index (κ1) is 17.4. The van der Waals surface area contributed by atoms with E-state index in [0.717, 1.165) is 0 Å². The van der Waals surface area contributed by atoms with E-state index < -0.39 is 22.1 Å². The van der Waals surface area contributed by atoms with Crippen LogP contribution in [0.3, 0.4) is 0 Å². The number of aliphatic hydroxyl groups is 1. The van der Waals surface area contributed by atoms with E-state index in [9.17, 15) is 13.2 Å². The predicted octanol–water partition coefficient (Wildman–Crippen LogP) is -0.686. The minimum absolute atomic E-state index is 0.0538. The summed E-state index contributed by atoms with van der Waals surface area (Å²) in [5.41, 5.74) is 0. The molecule has 8 heteroatoms. The molecule has 1 saturated heterocycles. The zero-order valence-corrected chi connectivity index (χ0v) is 12.9. The lowest BCUT2D eigenvalue weighted by molar-refractivity contribution is -0.125. The molecule has 20 heavy (non-hydrogen) atoms. The van der Waals surface area contributed by atoms with Gasteiger partial charge in [0.05, 0.1) is 25.0 Å². The lowest BCUT2D eigenvalue weighted by Gasteiger charge is -2.25. The number of hydrogen-bond donors (Lipinski definition) is 2. The maximum absolute atomic E-state index is 12.2. The van der Waals surface area contributed by atoms with Crippen LogP contribution < -0.4 is 5.32 Å². The fraction of sp³-hybridized carbons (Fsp3) is 0.917. The van der Waals surface area contributed by atoms with Crippen LogP contribution >= 0.6 is 0 Å². The van der Waals surface area contributed by atoms with Crippen molar-refractivity contribution in [1.82, 2.24) is 9.62 Å². The van der Waals surface area contributed by atoms with Gasteiger partial charge >= 0.3 is 0 Å². The summed E-state index contributed by atoms with van der Waals surface area (Å²) in [6.45, 7) is 2.13. The molecule has 0 saturated carbocycles. The quantitative estimate of drug-likeness (QED) is 0.619. The molecule has 1 heterocycles. The van der Waals surface area contributed by atoms with Crippen molar-refractivity contribution in [3.05, 3.63) is 0 Å². The number of amides is 1. The van der Waals surface area contributed by atoms with Gasteiger partial charge in [-0.25, -0.2) is 8.42 Å². The van der Waals surface area contributed by atoms with Gasteiger partial charge in [0, 0.05) is 13.7 Å². The molecule has 0 radical (unpaired) electrons. The number of carbonyl (C=O) groups excluding carboxylic acids is 1. The van der Waals surface area contributed by atoms with Crippen molar-refractivity contribution in [1.29, 1.82) is 0 Å². The smallest absolute Gasteiger partial charge is 0.238 e. The van der Waals surface area contributed by atoms with Crippen molar-refractivity contribution in [2.24, 2.45) is 0 Å². The van der Waals surface area contributed by atoms with Gasteiger partial charge in [-0.15, -0.1) is 0 Å². The van der Waals surface area contributed by atoms with Gasteiger partial charge in [0.1, 0.15) is 6.04 Å². The van der Waals surface area contributed by atoms with Crippen LogP contribution in [0.15, 0.2) is 0 Å². The highest BCUT2D eigenvalue weighted by Crippen LogP contribution is 2.22. The summed E-state index contributed by atoms with van der Waals surface area (Å²) >= 11 is 0. The van der Waals surface area contributed by atoms with Crippen LogP contribution in [-0.2, 0) is 19.6 Å². The van der Waals surface area contributed by atoms with Crippen molar-refractivity contribution in [3.63, 3.8) is 0 Å². The summed E-state index contributed by atoms with van der Waals surface area (Å²) < 4.78 is 30.4. The lowest BCUT2D eigenvalue weighted by Crippen LogP contribution is -2.51. The molecule has 1 amide bonds. The Balaban J connectivity index is 2.71. The van der Waals surface area contributed by atoms with Crippen LogP contribution in [0.5, 0.6) is 0 Å². The molecule has 0 aromatic rings. The van der Waals surface area contributed by atoms with Gasteiger partial charge in [-0.3, -0.25) is 4.79 Å². The second kappa shape index (κ2) is 7.92. The van der Waals surface area contributed by atoms with E-state index in [2.05, 4.69) is 5.32 Å². The lowest BCUT2D eigenvalue weighted by atomic mass is 10.2. The molecular weight excluding hydrogens is 284 g/mol. The number of hydrogen-bond acceptors (Lipinski definition) is 5. The van der Waals surface area contributed by atoms with E-state index in [1.165, 1.54) is 11.4 Å². The second-order valence-corrected chi connectivity index (χ2v) is 6.97. The first-order valence-electron chi connectivity index (χ1n) is 6.86. The third kappa shape index (κ3) is 4.41. The number of rotatable bonds is 8. The zero-order valence-electron chi connectivity index (χ0n) is 12.0. The van der Waals surface area contributed by atoms with Crippen LogP contribution in [0.4, 0.5) is 0 Å². The Morgan fingerprint density at radius 3 is 2.80 bits per heavy atom. The number of nitrogens with one attached hydrogen (secondary N) is 1. The standard InChI is InChI=1S/C12H24N2O5S/c1-3-7-20(17,18)14-6-4-5-11(14)12(16)13-10(8-15)9-19-2/h10-11,15H,3-9H2,1-2H3,(H,13,16). The minimum atomic E-state index is -3.38.